The Kier molecular flexibility index (Phi) is 9.57. The highest BCUT2D eigenvalue weighted by molar-refractivity contribution is 5.97. The second-order valence-corrected chi connectivity index (χ2v) is 9.60. The van der Waals surface area contributed by atoms with Gasteiger partial charge in [-0.2, -0.15) is 0 Å². The lowest BCUT2D eigenvalue weighted by Crippen LogP contribution is -2.39. The number of nitrogens with one attached hydrogen (secondary N) is 3. The van der Waals surface area contributed by atoms with Crippen molar-refractivity contribution in [3.63, 3.8) is 0 Å². The van der Waals surface area contributed by atoms with Gasteiger partial charge in [0.2, 0.25) is 0 Å². The molecule has 0 aliphatic carbocycles. The van der Waals surface area contributed by atoms with Gasteiger partial charge in [-0.05, 0) is 74.4 Å². The summed E-state index contributed by atoms with van der Waals surface area (Å²) in [6.07, 6.45) is 2.22. The van der Waals surface area contributed by atoms with Crippen LogP contribution in [0.25, 0.3) is 10.9 Å². The molecule has 0 aliphatic heterocycles. The molecule has 0 fully saturated rings. The monoisotopic (exact) mass is 539 g/mol. The van der Waals surface area contributed by atoms with E-state index in [1.165, 1.54) is 0 Å². The van der Waals surface area contributed by atoms with Crippen LogP contribution in [0.2, 0.25) is 0 Å². The number of H-pyrrole nitrogens is 1. The lowest BCUT2D eigenvalue weighted by Gasteiger charge is -2.19. The van der Waals surface area contributed by atoms with E-state index in [1.54, 1.807) is 42.5 Å². The van der Waals surface area contributed by atoms with E-state index in [9.17, 15) is 14.7 Å². The van der Waals surface area contributed by atoms with Crippen LogP contribution in [0.1, 0.15) is 51.3 Å². The summed E-state index contributed by atoms with van der Waals surface area (Å²) < 4.78 is 5.90. The van der Waals surface area contributed by atoms with Gasteiger partial charge in [0, 0.05) is 40.3 Å². The molecule has 1 aromatic heterocycles. The quantitative estimate of drug-likeness (QED) is 0.198. The van der Waals surface area contributed by atoms with Crippen molar-refractivity contribution < 1.29 is 24.5 Å². The van der Waals surface area contributed by atoms with Crippen LogP contribution in [-0.4, -0.2) is 58.9 Å². The molecule has 40 heavy (non-hydrogen) atoms. The van der Waals surface area contributed by atoms with E-state index in [2.05, 4.69) is 27.5 Å². The molecule has 0 radical (unpaired) electrons. The van der Waals surface area contributed by atoms with Crippen LogP contribution < -0.4 is 15.4 Å². The number of hydrogen-bond donors (Lipinski definition) is 5. The zero-order valence-electron chi connectivity index (χ0n) is 22.5. The molecular weight excluding hydrogens is 506 g/mol. The van der Waals surface area contributed by atoms with Gasteiger partial charge in [0.25, 0.3) is 11.8 Å². The van der Waals surface area contributed by atoms with Gasteiger partial charge in [0.1, 0.15) is 5.75 Å². The number of hydrogen-bond acceptors (Lipinski definition) is 5. The van der Waals surface area contributed by atoms with Crippen LogP contribution in [-0.2, 0) is 6.42 Å². The molecule has 0 bridgehead atoms. The number of ether oxygens (including phenoxy) is 1. The number of para-hydroxylation sites is 1. The Bertz CT molecular complexity index is 1530. The van der Waals surface area contributed by atoms with Crippen molar-refractivity contribution in [3.8, 4) is 17.6 Å². The number of aliphatic hydroxyl groups is 2. The highest BCUT2D eigenvalue weighted by atomic mass is 16.5. The van der Waals surface area contributed by atoms with E-state index in [0.717, 1.165) is 16.5 Å². The predicted molar refractivity (Wildman–Crippen MR) is 154 cm³/mol. The summed E-state index contributed by atoms with van der Waals surface area (Å²) in [5.41, 5.74) is 4.12. The highest BCUT2D eigenvalue weighted by Gasteiger charge is 2.19. The minimum atomic E-state index is -0.499. The first-order valence-electron chi connectivity index (χ1n) is 13.2. The lowest BCUT2D eigenvalue weighted by atomic mass is 10.0. The van der Waals surface area contributed by atoms with E-state index in [4.69, 9.17) is 9.84 Å². The third-order valence-corrected chi connectivity index (χ3v) is 6.18. The molecule has 3 aromatic carbocycles. The average Bonchev–Trinajstić information content (AvgIpc) is 3.37. The second kappa shape index (κ2) is 13.5. The van der Waals surface area contributed by atoms with Crippen LogP contribution in [0.3, 0.4) is 0 Å². The lowest BCUT2D eigenvalue weighted by molar-refractivity contribution is 0.0909. The first-order valence-corrected chi connectivity index (χ1v) is 13.2. The third kappa shape index (κ3) is 7.29. The van der Waals surface area contributed by atoms with Gasteiger partial charge in [-0.15, -0.1) is 0 Å². The largest absolute Gasteiger partial charge is 0.490 e. The summed E-state index contributed by atoms with van der Waals surface area (Å²) in [7, 11) is 0. The van der Waals surface area contributed by atoms with Crippen molar-refractivity contribution in [3.05, 3.63) is 101 Å². The molecule has 5 N–H and O–H groups in total. The van der Waals surface area contributed by atoms with Gasteiger partial charge >= 0.3 is 0 Å². The predicted octanol–water partition coefficient (Wildman–Crippen LogP) is 3.41. The zero-order valence-corrected chi connectivity index (χ0v) is 22.5. The molecule has 8 heteroatoms. The van der Waals surface area contributed by atoms with Gasteiger partial charge in [0.15, 0.2) is 0 Å². The molecule has 0 unspecified atom stereocenters. The van der Waals surface area contributed by atoms with Gasteiger partial charge in [-0.1, -0.05) is 30.0 Å². The van der Waals surface area contributed by atoms with E-state index >= 15 is 0 Å². The molecule has 2 amide bonds. The van der Waals surface area contributed by atoms with Gasteiger partial charge in [-0.25, -0.2) is 0 Å². The molecule has 0 saturated carbocycles. The number of aromatic nitrogens is 1. The Morgan fingerprint density at radius 3 is 2.40 bits per heavy atom. The maximum atomic E-state index is 13.4. The Balaban J connectivity index is 1.52. The summed E-state index contributed by atoms with van der Waals surface area (Å²) >= 11 is 0. The van der Waals surface area contributed by atoms with E-state index < -0.39 is 6.04 Å². The number of fused-ring (bicyclic) bond motifs is 1. The van der Waals surface area contributed by atoms with Gasteiger partial charge in [-0.3, -0.25) is 9.59 Å². The summed E-state index contributed by atoms with van der Waals surface area (Å²) in [6.45, 7) is 3.61. The summed E-state index contributed by atoms with van der Waals surface area (Å²) in [4.78, 5) is 28.6. The molecule has 8 nitrogen and oxygen atoms in total. The fraction of sp³-hybridized carbons (Fsp3) is 0.250. The fourth-order valence-electron chi connectivity index (χ4n) is 4.25. The van der Waals surface area contributed by atoms with Crippen molar-refractivity contribution in [2.75, 3.05) is 19.8 Å². The number of carbonyl (C=O) groups is 2. The maximum Gasteiger partial charge on any atom is 0.255 e. The van der Waals surface area contributed by atoms with E-state index in [-0.39, 0.29) is 37.7 Å². The van der Waals surface area contributed by atoms with Crippen molar-refractivity contribution in [2.24, 2.45) is 0 Å². The molecule has 0 spiro atoms. The summed E-state index contributed by atoms with van der Waals surface area (Å²) in [5.74, 6) is 5.93. The topological polar surface area (TPSA) is 124 Å². The molecular formula is C32H33N3O5. The smallest absolute Gasteiger partial charge is 0.255 e. The van der Waals surface area contributed by atoms with Crippen molar-refractivity contribution >= 4 is 22.7 Å². The van der Waals surface area contributed by atoms with Gasteiger partial charge < -0.3 is 30.6 Å². The number of aliphatic hydroxyl groups excluding tert-OH is 2. The Hall–Kier alpha value is -4.58. The Morgan fingerprint density at radius 2 is 1.68 bits per heavy atom. The third-order valence-electron chi connectivity index (χ3n) is 6.18. The maximum absolute atomic E-state index is 13.4. The van der Waals surface area contributed by atoms with Crippen LogP contribution in [0.15, 0.2) is 72.9 Å². The fourth-order valence-corrected chi connectivity index (χ4v) is 4.25. The summed E-state index contributed by atoms with van der Waals surface area (Å²) in [6, 6.07) is 19.4. The van der Waals surface area contributed by atoms with Crippen LogP contribution in [0, 0.1) is 11.8 Å². The number of carbonyl (C=O) groups excluding carboxylic acids is 2. The normalized spacial score (nSPS) is 11.5. The number of aromatic amines is 1. The SMILES string of the molecule is CC(C)Oc1ccc(C#Cc2ccc(C(=O)NCCO)cc2)cc1C(=O)N[C@@H](CO)Cc1c[nH]c2ccccc12. The first kappa shape index (κ1) is 28.4. The van der Waals surface area contributed by atoms with Crippen molar-refractivity contribution in [2.45, 2.75) is 32.4 Å². The van der Waals surface area contributed by atoms with Crippen molar-refractivity contribution in [1.29, 1.82) is 0 Å². The molecule has 206 valence electrons. The average molecular weight is 540 g/mol. The van der Waals surface area contributed by atoms with E-state index in [0.29, 0.717) is 34.4 Å². The van der Waals surface area contributed by atoms with Crippen LogP contribution >= 0.6 is 0 Å². The molecule has 1 atom stereocenters. The molecule has 0 aliphatic rings. The number of amides is 2. The minimum Gasteiger partial charge on any atom is -0.490 e. The Labute approximate surface area is 233 Å². The molecule has 1 heterocycles. The molecule has 4 rings (SSSR count). The summed E-state index contributed by atoms with van der Waals surface area (Å²) in [5, 5.41) is 25.5. The zero-order chi connectivity index (χ0) is 28.5. The van der Waals surface area contributed by atoms with E-state index in [1.807, 2.05) is 44.3 Å². The Morgan fingerprint density at radius 1 is 0.950 bits per heavy atom. The highest BCUT2D eigenvalue weighted by Crippen LogP contribution is 2.23. The second-order valence-electron chi connectivity index (χ2n) is 9.60. The molecule has 4 aromatic rings. The minimum absolute atomic E-state index is 0.124. The van der Waals surface area contributed by atoms with Crippen LogP contribution in [0.5, 0.6) is 5.75 Å². The number of benzene rings is 3. The van der Waals surface area contributed by atoms with Gasteiger partial charge in [0.05, 0.1) is 30.9 Å². The standard InChI is InChI=1S/C32H33N3O5/c1-21(2)40-30-14-11-23(8-7-22-9-12-24(13-10-22)31(38)33-15-16-36)17-28(30)32(39)35-26(20-37)18-25-19-34-29-6-4-3-5-27(25)29/h3-6,9-14,17,19,21,26,34,36-37H,15-16,18,20H2,1-2H3,(H,33,38)(H,35,39)/t26-/m1/s1. The number of rotatable bonds is 10. The first-order chi connectivity index (χ1) is 19.4. The van der Waals surface area contributed by atoms with Crippen LogP contribution in [0.4, 0.5) is 0 Å². The van der Waals surface area contributed by atoms with Crippen molar-refractivity contribution in [1.82, 2.24) is 15.6 Å². The molecule has 0 saturated heterocycles.